The van der Waals surface area contributed by atoms with Gasteiger partial charge < -0.3 is 0 Å². The van der Waals surface area contributed by atoms with Crippen molar-refractivity contribution in [2.75, 3.05) is 6.26 Å². The van der Waals surface area contributed by atoms with Crippen molar-refractivity contribution < 1.29 is 13.2 Å². The SMILES string of the molecule is CSC(=NS(=O)(=O)c1ccccc1)NNC(=O)c1ccc(C)cc1. The number of carbonyl (C=O) groups excluding carboxylic acids is 1. The second-order valence-electron chi connectivity index (χ2n) is 4.83. The van der Waals surface area contributed by atoms with Gasteiger partial charge >= 0.3 is 0 Å². The van der Waals surface area contributed by atoms with Crippen molar-refractivity contribution in [2.45, 2.75) is 11.8 Å². The van der Waals surface area contributed by atoms with Gasteiger partial charge in [0.2, 0.25) is 0 Å². The lowest BCUT2D eigenvalue weighted by atomic mass is 10.1. The highest BCUT2D eigenvalue weighted by Crippen LogP contribution is 2.12. The van der Waals surface area contributed by atoms with Crippen molar-refractivity contribution in [3.05, 3.63) is 65.7 Å². The molecular weight excluding hydrogens is 346 g/mol. The maximum atomic E-state index is 12.2. The Hall–Kier alpha value is -2.32. The molecule has 2 N–H and O–H groups in total. The number of hydrogen-bond donors (Lipinski definition) is 2. The lowest BCUT2D eigenvalue weighted by Crippen LogP contribution is -2.40. The van der Waals surface area contributed by atoms with Crippen LogP contribution in [0.25, 0.3) is 0 Å². The molecule has 0 fully saturated rings. The molecule has 0 aliphatic heterocycles. The van der Waals surface area contributed by atoms with Crippen molar-refractivity contribution in [1.82, 2.24) is 10.9 Å². The number of carbonyl (C=O) groups is 1. The molecule has 1 amide bonds. The summed E-state index contributed by atoms with van der Waals surface area (Å²) < 4.78 is 28.1. The number of hydrogen-bond acceptors (Lipinski definition) is 4. The Bertz CT molecular complexity index is 833. The summed E-state index contributed by atoms with van der Waals surface area (Å²) in [5.74, 6) is -0.381. The zero-order valence-corrected chi connectivity index (χ0v) is 14.8. The first kappa shape index (κ1) is 18.0. The molecule has 0 saturated carbocycles. The van der Waals surface area contributed by atoms with Crippen LogP contribution in [-0.4, -0.2) is 25.7 Å². The number of nitrogens with zero attached hydrogens (tertiary/aromatic N) is 1. The van der Waals surface area contributed by atoms with E-state index in [-0.39, 0.29) is 16.0 Å². The summed E-state index contributed by atoms with van der Waals surface area (Å²) in [4.78, 5) is 12.1. The topological polar surface area (TPSA) is 87.6 Å². The van der Waals surface area contributed by atoms with Crippen LogP contribution in [0.4, 0.5) is 0 Å². The van der Waals surface area contributed by atoms with Gasteiger partial charge in [0.25, 0.3) is 15.9 Å². The van der Waals surface area contributed by atoms with Gasteiger partial charge in [-0.2, -0.15) is 8.42 Å². The molecule has 0 saturated heterocycles. The van der Waals surface area contributed by atoms with Crippen LogP contribution in [0.5, 0.6) is 0 Å². The molecule has 0 aliphatic rings. The van der Waals surface area contributed by atoms with Crippen LogP contribution in [0, 0.1) is 6.92 Å². The van der Waals surface area contributed by atoms with E-state index in [0.29, 0.717) is 5.56 Å². The van der Waals surface area contributed by atoms with Crippen molar-refractivity contribution in [3.63, 3.8) is 0 Å². The maximum absolute atomic E-state index is 12.2. The predicted octanol–water partition coefficient (Wildman–Crippen LogP) is 2.34. The zero-order chi connectivity index (χ0) is 17.6. The molecule has 0 unspecified atom stereocenters. The van der Waals surface area contributed by atoms with Crippen LogP contribution < -0.4 is 10.9 Å². The second-order valence-corrected chi connectivity index (χ2v) is 7.23. The number of nitrogens with one attached hydrogen (secondary N) is 2. The summed E-state index contributed by atoms with van der Waals surface area (Å²) in [7, 11) is -3.84. The Morgan fingerprint density at radius 1 is 1.00 bits per heavy atom. The fraction of sp³-hybridized carbons (Fsp3) is 0.125. The van der Waals surface area contributed by atoms with E-state index in [9.17, 15) is 13.2 Å². The fourth-order valence-corrected chi connectivity index (χ4v) is 3.37. The first-order chi connectivity index (χ1) is 11.4. The number of hydrazine groups is 1. The number of amides is 1. The Morgan fingerprint density at radius 3 is 2.21 bits per heavy atom. The van der Waals surface area contributed by atoms with E-state index in [4.69, 9.17) is 0 Å². The molecule has 2 aromatic rings. The molecule has 0 spiro atoms. The van der Waals surface area contributed by atoms with E-state index in [2.05, 4.69) is 15.2 Å². The third-order valence-electron chi connectivity index (χ3n) is 3.03. The average Bonchev–Trinajstić information content (AvgIpc) is 2.59. The van der Waals surface area contributed by atoms with Gasteiger partial charge in [0.05, 0.1) is 4.90 Å². The average molecular weight is 363 g/mol. The number of benzene rings is 2. The van der Waals surface area contributed by atoms with Crippen LogP contribution in [0.3, 0.4) is 0 Å². The molecule has 2 rings (SSSR count). The summed E-state index contributed by atoms with van der Waals surface area (Å²) in [6.45, 7) is 1.92. The monoisotopic (exact) mass is 363 g/mol. The minimum Gasteiger partial charge on any atom is -0.275 e. The molecule has 0 bridgehead atoms. The molecule has 6 nitrogen and oxygen atoms in total. The van der Waals surface area contributed by atoms with E-state index in [1.165, 1.54) is 12.1 Å². The number of thioether (sulfide) groups is 1. The Morgan fingerprint density at radius 2 is 1.62 bits per heavy atom. The lowest BCUT2D eigenvalue weighted by Gasteiger charge is -2.09. The quantitative estimate of drug-likeness (QED) is 0.496. The molecule has 0 aliphatic carbocycles. The third-order valence-corrected chi connectivity index (χ3v) is 5.02. The van der Waals surface area contributed by atoms with Gasteiger partial charge in [-0.25, -0.2) is 0 Å². The highest BCUT2D eigenvalue weighted by molar-refractivity contribution is 8.13. The highest BCUT2D eigenvalue weighted by atomic mass is 32.2. The smallest absolute Gasteiger partial charge is 0.275 e. The Balaban J connectivity index is 2.09. The Kier molecular flexibility index (Phi) is 5.99. The predicted molar refractivity (Wildman–Crippen MR) is 96.4 cm³/mol. The first-order valence-corrected chi connectivity index (χ1v) is 9.66. The molecule has 0 radical (unpaired) electrons. The number of amidine groups is 1. The van der Waals surface area contributed by atoms with Crippen LogP contribution in [0.1, 0.15) is 15.9 Å². The van der Waals surface area contributed by atoms with Gasteiger partial charge in [0.15, 0.2) is 5.17 Å². The molecular formula is C16H17N3O3S2. The van der Waals surface area contributed by atoms with Gasteiger partial charge in [-0.05, 0) is 37.4 Å². The summed E-state index contributed by atoms with van der Waals surface area (Å²) in [6.07, 6.45) is 1.66. The van der Waals surface area contributed by atoms with E-state index < -0.39 is 10.0 Å². The molecule has 2 aromatic carbocycles. The molecule has 0 atom stereocenters. The van der Waals surface area contributed by atoms with Crippen LogP contribution in [0.2, 0.25) is 0 Å². The summed E-state index contributed by atoms with van der Waals surface area (Å²) >= 11 is 1.08. The van der Waals surface area contributed by atoms with E-state index in [1.54, 1.807) is 36.6 Å². The van der Waals surface area contributed by atoms with Gasteiger partial charge in [-0.15, -0.1) is 4.40 Å². The van der Waals surface area contributed by atoms with Gasteiger partial charge in [-0.3, -0.25) is 15.6 Å². The minimum atomic E-state index is -3.84. The van der Waals surface area contributed by atoms with Crippen LogP contribution in [-0.2, 0) is 10.0 Å². The van der Waals surface area contributed by atoms with E-state index >= 15 is 0 Å². The number of sulfonamides is 1. The van der Waals surface area contributed by atoms with Crippen molar-refractivity contribution in [3.8, 4) is 0 Å². The summed E-state index contributed by atoms with van der Waals surface area (Å²) in [5, 5.41) is 0.0688. The zero-order valence-electron chi connectivity index (χ0n) is 13.2. The van der Waals surface area contributed by atoms with Gasteiger partial charge in [-0.1, -0.05) is 47.7 Å². The first-order valence-electron chi connectivity index (χ1n) is 6.99. The van der Waals surface area contributed by atoms with Crippen LogP contribution >= 0.6 is 11.8 Å². The molecule has 24 heavy (non-hydrogen) atoms. The molecule has 8 heteroatoms. The molecule has 0 heterocycles. The summed E-state index contributed by atoms with van der Waals surface area (Å²) in [5.41, 5.74) is 6.48. The van der Waals surface area contributed by atoms with Crippen molar-refractivity contribution in [2.24, 2.45) is 4.40 Å². The molecule has 126 valence electrons. The summed E-state index contributed by atoms with van der Waals surface area (Å²) in [6, 6.07) is 14.9. The second kappa shape index (κ2) is 7.98. The highest BCUT2D eigenvalue weighted by Gasteiger charge is 2.14. The van der Waals surface area contributed by atoms with Gasteiger partial charge in [0, 0.05) is 5.56 Å². The number of rotatable bonds is 3. The van der Waals surface area contributed by atoms with Gasteiger partial charge in [0.1, 0.15) is 0 Å². The lowest BCUT2D eigenvalue weighted by molar-refractivity contribution is 0.0944. The fourth-order valence-electron chi connectivity index (χ4n) is 1.75. The van der Waals surface area contributed by atoms with Crippen molar-refractivity contribution in [1.29, 1.82) is 0 Å². The Labute approximate surface area is 145 Å². The molecule has 0 aromatic heterocycles. The standard InChI is InChI=1S/C16H17N3O3S2/c1-12-8-10-13(11-9-12)15(20)17-18-16(23-2)19-24(21,22)14-6-4-3-5-7-14/h3-11H,1-2H3,(H,17,20)(H,18,19). The van der Waals surface area contributed by atoms with Crippen molar-refractivity contribution >= 4 is 32.9 Å². The van der Waals surface area contributed by atoms with E-state index in [1.807, 2.05) is 19.1 Å². The number of aryl methyl sites for hydroxylation is 1. The van der Waals surface area contributed by atoms with Crippen LogP contribution in [0.15, 0.2) is 63.9 Å². The maximum Gasteiger partial charge on any atom is 0.284 e. The largest absolute Gasteiger partial charge is 0.284 e. The third kappa shape index (κ3) is 4.84. The minimum absolute atomic E-state index is 0.0688. The van der Waals surface area contributed by atoms with E-state index in [0.717, 1.165) is 17.3 Å². The normalized spacial score (nSPS) is 11.8.